The van der Waals surface area contributed by atoms with Gasteiger partial charge in [-0.3, -0.25) is 9.59 Å². The number of hydrogen-bond acceptors (Lipinski definition) is 4. The van der Waals surface area contributed by atoms with E-state index in [0.29, 0.717) is 5.69 Å². The van der Waals surface area contributed by atoms with E-state index in [1.807, 2.05) is 30.3 Å². The maximum absolute atomic E-state index is 12.0. The Morgan fingerprint density at radius 1 is 1.35 bits per heavy atom. The zero-order valence-corrected chi connectivity index (χ0v) is 12.6. The SMILES string of the molecule is C=CC(CC(=O)NCc1cn(CC(=O)O)nn1)c1ccccc1. The number of amides is 1. The molecule has 23 heavy (non-hydrogen) atoms. The quantitative estimate of drug-likeness (QED) is 0.717. The molecule has 1 unspecified atom stereocenters. The van der Waals surface area contributed by atoms with Crippen LogP contribution < -0.4 is 5.32 Å². The summed E-state index contributed by atoms with van der Waals surface area (Å²) in [6, 6.07) is 9.67. The van der Waals surface area contributed by atoms with Crippen LogP contribution in [0.2, 0.25) is 0 Å². The van der Waals surface area contributed by atoms with E-state index in [9.17, 15) is 9.59 Å². The molecule has 0 saturated heterocycles. The lowest BCUT2D eigenvalue weighted by atomic mass is 9.95. The summed E-state index contributed by atoms with van der Waals surface area (Å²) in [5.41, 5.74) is 1.54. The first-order valence-electron chi connectivity index (χ1n) is 7.13. The smallest absolute Gasteiger partial charge is 0.325 e. The van der Waals surface area contributed by atoms with Crippen molar-refractivity contribution in [2.45, 2.75) is 25.4 Å². The summed E-state index contributed by atoms with van der Waals surface area (Å²) < 4.78 is 1.21. The average Bonchev–Trinajstić information content (AvgIpc) is 2.98. The van der Waals surface area contributed by atoms with Crippen molar-refractivity contribution in [3.8, 4) is 0 Å². The molecule has 2 aromatic rings. The van der Waals surface area contributed by atoms with Gasteiger partial charge >= 0.3 is 5.97 Å². The first kappa shape index (κ1) is 16.4. The van der Waals surface area contributed by atoms with Crippen LogP contribution in [-0.4, -0.2) is 32.0 Å². The Labute approximate surface area is 133 Å². The summed E-state index contributed by atoms with van der Waals surface area (Å²) in [7, 11) is 0. The second-order valence-corrected chi connectivity index (χ2v) is 5.03. The Kier molecular flexibility index (Phi) is 5.62. The number of carboxylic acid groups (broad SMARTS) is 1. The number of aromatic nitrogens is 3. The number of nitrogens with zero attached hydrogens (tertiary/aromatic N) is 3. The van der Waals surface area contributed by atoms with Crippen molar-refractivity contribution >= 4 is 11.9 Å². The zero-order chi connectivity index (χ0) is 16.7. The van der Waals surface area contributed by atoms with Gasteiger partial charge in [-0.05, 0) is 5.56 Å². The highest BCUT2D eigenvalue weighted by molar-refractivity contribution is 5.77. The van der Waals surface area contributed by atoms with Crippen LogP contribution >= 0.6 is 0 Å². The van der Waals surface area contributed by atoms with Crippen molar-refractivity contribution in [3.05, 3.63) is 60.4 Å². The number of carbonyl (C=O) groups is 2. The van der Waals surface area contributed by atoms with Crippen LogP contribution in [0.1, 0.15) is 23.6 Å². The van der Waals surface area contributed by atoms with Gasteiger partial charge in [0, 0.05) is 12.3 Å². The second-order valence-electron chi connectivity index (χ2n) is 5.03. The number of nitrogens with one attached hydrogen (secondary N) is 1. The Balaban J connectivity index is 1.86. The second kappa shape index (κ2) is 7.88. The predicted octanol–water partition coefficient (Wildman–Crippen LogP) is 1.34. The van der Waals surface area contributed by atoms with Gasteiger partial charge < -0.3 is 10.4 Å². The predicted molar refractivity (Wildman–Crippen MR) is 83.5 cm³/mol. The van der Waals surface area contributed by atoms with Crippen LogP contribution in [0.15, 0.2) is 49.2 Å². The van der Waals surface area contributed by atoms with E-state index in [1.165, 1.54) is 10.9 Å². The maximum Gasteiger partial charge on any atom is 0.325 e. The fourth-order valence-electron chi connectivity index (χ4n) is 2.13. The Hall–Kier alpha value is -2.96. The van der Waals surface area contributed by atoms with E-state index >= 15 is 0 Å². The van der Waals surface area contributed by atoms with Gasteiger partial charge in [0.15, 0.2) is 0 Å². The lowest BCUT2D eigenvalue weighted by Crippen LogP contribution is -2.24. The van der Waals surface area contributed by atoms with Crippen molar-refractivity contribution in [1.29, 1.82) is 0 Å². The van der Waals surface area contributed by atoms with E-state index in [4.69, 9.17) is 5.11 Å². The number of aliphatic carboxylic acids is 1. The van der Waals surface area contributed by atoms with Crippen LogP contribution in [0.25, 0.3) is 0 Å². The number of benzene rings is 1. The standard InChI is InChI=1S/C16H18N4O3/c1-2-12(13-6-4-3-5-7-13)8-15(21)17-9-14-10-20(19-18-14)11-16(22)23/h2-7,10,12H,1,8-9,11H2,(H,17,21)(H,22,23). The van der Waals surface area contributed by atoms with Gasteiger partial charge in [-0.1, -0.05) is 41.6 Å². The molecule has 0 saturated carbocycles. The van der Waals surface area contributed by atoms with Crippen molar-refractivity contribution in [2.24, 2.45) is 0 Å². The third-order valence-electron chi connectivity index (χ3n) is 3.27. The van der Waals surface area contributed by atoms with E-state index in [2.05, 4.69) is 22.2 Å². The van der Waals surface area contributed by atoms with Gasteiger partial charge in [0.25, 0.3) is 0 Å². The molecule has 1 amide bonds. The normalized spacial score (nSPS) is 11.7. The van der Waals surface area contributed by atoms with Crippen molar-refractivity contribution in [2.75, 3.05) is 0 Å². The summed E-state index contributed by atoms with van der Waals surface area (Å²) in [5, 5.41) is 18.9. The summed E-state index contributed by atoms with van der Waals surface area (Å²) in [6.45, 7) is 3.73. The van der Waals surface area contributed by atoms with E-state index in [0.717, 1.165) is 5.56 Å². The minimum absolute atomic E-state index is 0.0566. The fraction of sp³-hybridized carbons (Fsp3) is 0.250. The monoisotopic (exact) mass is 314 g/mol. The molecular weight excluding hydrogens is 296 g/mol. The van der Waals surface area contributed by atoms with Gasteiger partial charge in [-0.2, -0.15) is 0 Å². The van der Waals surface area contributed by atoms with Crippen molar-refractivity contribution in [1.82, 2.24) is 20.3 Å². The van der Waals surface area contributed by atoms with Crippen LogP contribution in [0.5, 0.6) is 0 Å². The molecule has 7 heteroatoms. The first-order chi connectivity index (χ1) is 11.1. The summed E-state index contributed by atoms with van der Waals surface area (Å²) in [5.74, 6) is -1.19. The molecule has 120 valence electrons. The molecule has 0 aliphatic rings. The lowest BCUT2D eigenvalue weighted by molar-refractivity contribution is -0.138. The molecular formula is C16H18N4O3. The number of allylic oxidation sites excluding steroid dienone is 1. The molecule has 1 atom stereocenters. The number of hydrogen-bond donors (Lipinski definition) is 2. The Morgan fingerprint density at radius 2 is 2.09 bits per heavy atom. The molecule has 1 heterocycles. The summed E-state index contributed by atoms with van der Waals surface area (Å²) in [6.07, 6.45) is 3.53. The summed E-state index contributed by atoms with van der Waals surface area (Å²) in [4.78, 5) is 22.6. The van der Waals surface area contributed by atoms with E-state index in [1.54, 1.807) is 6.08 Å². The van der Waals surface area contributed by atoms with Crippen LogP contribution in [-0.2, 0) is 22.7 Å². The highest BCUT2D eigenvalue weighted by Gasteiger charge is 2.13. The minimum atomic E-state index is -0.998. The molecule has 2 N–H and O–H groups in total. The number of carbonyl (C=O) groups excluding carboxylic acids is 1. The van der Waals surface area contributed by atoms with Gasteiger partial charge in [0.05, 0.1) is 12.7 Å². The molecule has 7 nitrogen and oxygen atoms in total. The fourth-order valence-corrected chi connectivity index (χ4v) is 2.13. The highest BCUT2D eigenvalue weighted by Crippen LogP contribution is 2.20. The minimum Gasteiger partial charge on any atom is -0.480 e. The molecule has 0 radical (unpaired) electrons. The Morgan fingerprint density at radius 3 is 2.74 bits per heavy atom. The highest BCUT2D eigenvalue weighted by atomic mass is 16.4. The number of rotatable bonds is 8. The van der Waals surface area contributed by atoms with E-state index < -0.39 is 5.97 Å². The molecule has 1 aromatic carbocycles. The Bertz CT molecular complexity index is 682. The van der Waals surface area contributed by atoms with Gasteiger partial charge in [-0.25, -0.2) is 4.68 Å². The average molecular weight is 314 g/mol. The van der Waals surface area contributed by atoms with Crippen molar-refractivity contribution in [3.63, 3.8) is 0 Å². The van der Waals surface area contributed by atoms with Gasteiger partial charge in [0.2, 0.25) is 5.91 Å². The van der Waals surface area contributed by atoms with Crippen molar-refractivity contribution < 1.29 is 14.7 Å². The van der Waals surface area contributed by atoms with E-state index in [-0.39, 0.29) is 31.3 Å². The molecule has 0 aliphatic heterocycles. The molecule has 0 fully saturated rings. The molecule has 2 rings (SSSR count). The van der Waals surface area contributed by atoms with Crippen LogP contribution in [0.3, 0.4) is 0 Å². The number of carboxylic acids is 1. The van der Waals surface area contributed by atoms with Crippen LogP contribution in [0.4, 0.5) is 0 Å². The first-order valence-corrected chi connectivity index (χ1v) is 7.13. The molecule has 0 bridgehead atoms. The molecule has 0 aliphatic carbocycles. The van der Waals surface area contributed by atoms with Gasteiger partial charge in [0.1, 0.15) is 12.2 Å². The topological polar surface area (TPSA) is 97.1 Å². The lowest BCUT2D eigenvalue weighted by Gasteiger charge is -2.12. The van der Waals surface area contributed by atoms with Crippen LogP contribution in [0, 0.1) is 0 Å². The maximum atomic E-state index is 12.0. The zero-order valence-electron chi connectivity index (χ0n) is 12.6. The van der Waals surface area contributed by atoms with Gasteiger partial charge in [-0.15, -0.1) is 11.7 Å². The third-order valence-corrected chi connectivity index (χ3v) is 3.27. The largest absolute Gasteiger partial charge is 0.480 e. The third kappa shape index (κ3) is 5.06. The summed E-state index contributed by atoms with van der Waals surface area (Å²) >= 11 is 0. The molecule has 0 spiro atoms. The molecule has 1 aromatic heterocycles.